The highest BCUT2D eigenvalue weighted by molar-refractivity contribution is 6.33. The lowest BCUT2D eigenvalue weighted by Crippen LogP contribution is -2.27. The van der Waals surface area contributed by atoms with Gasteiger partial charge in [-0.2, -0.15) is 4.68 Å². The summed E-state index contributed by atoms with van der Waals surface area (Å²) in [6.45, 7) is 0. The van der Waals surface area contributed by atoms with Gasteiger partial charge < -0.3 is 10.3 Å². The minimum absolute atomic E-state index is 0.105. The Morgan fingerprint density at radius 1 is 1.12 bits per heavy atom. The maximum absolute atomic E-state index is 13.3. The minimum Gasteiger partial charge on any atom is -0.384 e. The molecule has 3 aromatic heterocycles. The van der Waals surface area contributed by atoms with Crippen LogP contribution in [0.1, 0.15) is 29.9 Å². The average Bonchev–Trinajstić information content (AvgIpc) is 3.60. The molecule has 2 aliphatic heterocycles. The first kappa shape index (κ1) is 20.4. The zero-order valence-electron chi connectivity index (χ0n) is 17.8. The molecule has 2 atom stereocenters. The van der Waals surface area contributed by atoms with Crippen molar-refractivity contribution in [3.8, 4) is 16.8 Å². The molecular weight excluding hydrogens is 454 g/mol. The van der Waals surface area contributed by atoms with Gasteiger partial charge in [0.15, 0.2) is 6.17 Å². The van der Waals surface area contributed by atoms with Crippen LogP contribution in [0.2, 0.25) is 5.02 Å². The second kappa shape index (κ2) is 7.99. The summed E-state index contributed by atoms with van der Waals surface area (Å²) in [6, 6.07) is 12.5. The van der Waals surface area contributed by atoms with E-state index in [1.165, 1.54) is 6.33 Å². The first-order chi connectivity index (χ1) is 16.6. The third-order valence-electron chi connectivity index (χ3n) is 6.07. The normalized spacial score (nSPS) is 18.8. The number of aromatic nitrogens is 6. The summed E-state index contributed by atoms with van der Waals surface area (Å²) >= 11 is 6.28. The molecule has 5 heterocycles. The molecule has 6 rings (SSSR count). The van der Waals surface area contributed by atoms with E-state index in [2.05, 4.69) is 25.5 Å². The van der Waals surface area contributed by atoms with E-state index in [9.17, 15) is 4.79 Å². The molecule has 0 fully saturated rings. The number of benzene rings is 1. The number of nitrogens with two attached hydrogens (primary N) is 1. The lowest BCUT2D eigenvalue weighted by molar-refractivity contribution is 0.655. The maximum Gasteiger partial charge on any atom is 0.251 e. The quantitative estimate of drug-likeness (QED) is 0.487. The number of hydrogen-bond donors (Lipinski definition) is 1. The van der Waals surface area contributed by atoms with Gasteiger partial charge >= 0.3 is 0 Å². The van der Waals surface area contributed by atoms with Gasteiger partial charge in [-0.1, -0.05) is 11.6 Å². The molecule has 11 heteroatoms. The molecule has 34 heavy (non-hydrogen) atoms. The lowest BCUT2D eigenvalue weighted by atomic mass is 10.0. The van der Waals surface area contributed by atoms with Crippen molar-refractivity contribution >= 4 is 29.3 Å². The van der Waals surface area contributed by atoms with Crippen LogP contribution in [0.4, 0.5) is 5.82 Å². The number of aliphatic imine (C=N–C) groups is 2. The molecule has 1 unspecified atom stereocenters. The smallest absolute Gasteiger partial charge is 0.251 e. The van der Waals surface area contributed by atoms with Crippen molar-refractivity contribution in [3.63, 3.8) is 0 Å². The Labute approximate surface area is 198 Å². The number of halogens is 1. The molecule has 168 valence electrons. The summed E-state index contributed by atoms with van der Waals surface area (Å²) in [5, 5.41) is 12.0. The predicted molar refractivity (Wildman–Crippen MR) is 129 cm³/mol. The third-order valence-corrected chi connectivity index (χ3v) is 6.30. The van der Waals surface area contributed by atoms with Gasteiger partial charge in [-0.25, -0.2) is 4.98 Å². The molecule has 0 saturated heterocycles. The number of hydrogen-bond acceptors (Lipinski definition) is 8. The summed E-state index contributed by atoms with van der Waals surface area (Å²) in [5.74, 6) is 0.449. The molecule has 0 bridgehead atoms. The molecule has 0 radical (unpaired) electrons. The highest BCUT2D eigenvalue weighted by Gasteiger charge is 2.30. The zero-order chi connectivity index (χ0) is 23.2. The standard InChI is InChI=1S/C23H18ClN9O/c24-15-2-4-19(32-12-28-30-31-32)17(9-15)14-7-16-3-5-20(33(16)22(34)8-14)18-11-27-23(29-18)13-1-6-21(25)26-10-13/h1-2,4,6-12,20,23H,3,5H2,(H2,25,26)/t20-,23?/m0/s1. The SMILES string of the molecule is Nc1ccc(C2N=CC([C@@H]3CCc4cc(-c5cc(Cl)ccc5-n5cnnn5)cc(=O)n43)=N2)cn1. The summed E-state index contributed by atoms with van der Waals surface area (Å²) < 4.78 is 3.36. The van der Waals surface area contributed by atoms with Gasteiger partial charge in [-0.15, -0.1) is 5.10 Å². The van der Waals surface area contributed by atoms with Crippen LogP contribution in [0.5, 0.6) is 0 Å². The Balaban J connectivity index is 1.37. The number of rotatable bonds is 4. The molecule has 1 aromatic carbocycles. The largest absolute Gasteiger partial charge is 0.384 e. The van der Waals surface area contributed by atoms with Crippen molar-refractivity contribution in [3.05, 3.63) is 81.6 Å². The van der Waals surface area contributed by atoms with Crippen LogP contribution < -0.4 is 11.3 Å². The minimum atomic E-state index is -0.368. The Kier molecular flexibility index (Phi) is 4.80. The van der Waals surface area contributed by atoms with E-state index in [0.29, 0.717) is 10.8 Å². The second-order valence-electron chi connectivity index (χ2n) is 8.14. The number of anilines is 1. The van der Waals surface area contributed by atoms with Gasteiger partial charge in [0.25, 0.3) is 5.56 Å². The second-order valence-corrected chi connectivity index (χ2v) is 8.57. The molecule has 2 N–H and O–H groups in total. The van der Waals surface area contributed by atoms with E-state index in [0.717, 1.165) is 46.6 Å². The van der Waals surface area contributed by atoms with E-state index in [1.807, 2.05) is 24.3 Å². The van der Waals surface area contributed by atoms with Gasteiger partial charge in [0, 0.05) is 40.3 Å². The van der Waals surface area contributed by atoms with Crippen LogP contribution in [0.15, 0.2) is 69.8 Å². The average molecular weight is 472 g/mol. The maximum atomic E-state index is 13.3. The summed E-state index contributed by atoms with van der Waals surface area (Å²) in [6.07, 6.45) is 6.09. The number of nitrogens with zero attached hydrogens (tertiary/aromatic N) is 8. The van der Waals surface area contributed by atoms with E-state index in [1.54, 1.807) is 39.9 Å². The molecule has 10 nitrogen and oxygen atoms in total. The van der Waals surface area contributed by atoms with Gasteiger partial charge in [0.05, 0.1) is 17.4 Å². The fourth-order valence-electron chi connectivity index (χ4n) is 4.50. The first-order valence-electron chi connectivity index (χ1n) is 10.7. The Morgan fingerprint density at radius 3 is 2.82 bits per heavy atom. The van der Waals surface area contributed by atoms with Crippen LogP contribution in [-0.2, 0) is 6.42 Å². The van der Waals surface area contributed by atoms with Gasteiger partial charge in [-0.05, 0) is 65.2 Å². The van der Waals surface area contributed by atoms with Crippen LogP contribution >= 0.6 is 11.6 Å². The molecule has 0 spiro atoms. The molecule has 4 aromatic rings. The van der Waals surface area contributed by atoms with Crippen molar-refractivity contribution in [1.82, 2.24) is 29.8 Å². The number of tetrazole rings is 1. The van der Waals surface area contributed by atoms with Gasteiger partial charge in [0.1, 0.15) is 12.1 Å². The van der Waals surface area contributed by atoms with Crippen LogP contribution in [-0.4, -0.2) is 41.7 Å². The van der Waals surface area contributed by atoms with Gasteiger partial charge in [0.2, 0.25) is 0 Å². The molecule has 0 aliphatic carbocycles. The Hall–Kier alpha value is -4.18. The van der Waals surface area contributed by atoms with Crippen LogP contribution in [0, 0.1) is 0 Å². The Morgan fingerprint density at radius 2 is 2.03 bits per heavy atom. The zero-order valence-corrected chi connectivity index (χ0v) is 18.5. The van der Waals surface area contributed by atoms with E-state index < -0.39 is 0 Å². The van der Waals surface area contributed by atoms with E-state index in [-0.39, 0.29) is 17.8 Å². The fraction of sp³-hybridized carbons (Fsp3) is 0.174. The monoisotopic (exact) mass is 471 g/mol. The number of pyridine rings is 2. The highest BCUT2D eigenvalue weighted by Crippen LogP contribution is 2.34. The van der Waals surface area contributed by atoms with Crippen LogP contribution in [0.3, 0.4) is 0 Å². The molecule has 0 amide bonds. The first-order valence-corrected chi connectivity index (χ1v) is 11.1. The van der Waals surface area contributed by atoms with E-state index >= 15 is 0 Å². The fourth-order valence-corrected chi connectivity index (χ4v) is 4.67. The topological polar surface area (TPSA) is 129 Å². The molecular formula is C23H18ClN9O. The highest BCUT2D eigenvalue weighted by atomic mass is 35.5. The lowest BCUT2D eigenvalue weighted by Gasteiger charge is -2.15. The van der Waals surface area contributed by atoms with Crippen molar-refractivity contribution in [2.45, 2.75) is 25.0 Å². The van der Waals surface area contributed by atoms with E-state index in [4.69, 9.17) is 22.3 Å². The number of fused-ring (bicyclic) bond motifs is 1. The van der Waals surface area contributed by atoms with Gasteiger partial charge in [-0.3, -0.25) is 14.8 Å². The summed E-state index contributed by atoms with van der Waals surface area (Å²) in [4.78, 5) is 26.7. The van der Waals surface area contributed by atoms with Crippen molar-refractivity contribution < 1.29 is 0 Å². The molecule has 2 aliphatic rings. The predicted octanol–water partition coefficient (Wildman–Crippen LogP) is 2.83. The third kappa shape index (κ3) is 3.48. The van der Waals surface area contributed by atoms with Crippen molar-refractivity contribution in [1.29, 1.82) is 0 Å². The summed E-state index contributed by atoms with van der Waals surface area (Å²) in [7, 11) is 0. The summed E-state index contributed by atoms with van der Waals surface area (Å²) in [5.41, 5.74) is 10.4. The Bertz CT molecular complexity index is 1510. The van der Waals surface area contributed by atoms with Crippen molar-refractivity contribution in [2.75, 3.05) is 5.73 Å². The number of aryl methyl sites for hydroxylation is 1. The van der Waals surface area contributed by atoms with Crippen molar-refractivity contribution in [2.24, 2.45) is 9.98 Å². The van der Waals surface area contributed by atoms with Crippen LogP contribution in [0.25, 0.3) is 16.8 Å². The molecule has 0 saturated carbocycles. The number of nitrogen functional groups attached to an aromatic ring is 1.